The summed E-state index contributed by atoms with van der Waals surface area (Å²) in [4.78, 5) is 6.95. The molecule has 0 aromatic carbocycles. The molecule has 0 aromatic heterocycles. The van der Waals surface area contributed by atoms with Gasteiger partial charge in [-0.25, -0.2) is 0 Å². The molecule has 2 bridgehead atoms. The summed E-state index contributed by atoms with van der Waals surface area (Å²) >= 11 is 0. The predicted molar refractivity (Wildman–Crippen MR) is 106 cm³/mol. The fraction of sp³-hybridized carbons (Fsp3) is 0.941. The lowest BCUT2D eigenvalue weighted by Crippen LogP contribution is -2.49. The molecule has 6 heteroatoms. The van der Waals surface area contributed by atoms with Gasteiger partial charge in [0.25, 0.3) is 0 Å². The van der Waals surface area contributed by atoms with Crippen LogP contribution in [0.5, 0.6) is 0 Å². The molecule has 3 aliphatic rings. The van der Waals surface area contributed by atoms with Crippen LogP contribution in [0.1, 0.15) is 39.5 Å². The van der Waals surface area contributed by atoms with Crippen molar-refractivity contribution >= 4 is 29.9 Å². The maximum absolute atomic E-state index is 5.90. The van der Waals surface area contributed by atoms with E-state index in [1.54, 1.807) is 0 Å². The summed E-state index contributed by atoms with van der Waals surface area (Å²) in [6.45, 7) is 9.26. The molecule has 0 amide bonds. The minimum absolute atomic E-state index is 0. The van der Waals surface area contributed by atoms with E-state index in [-0.39, 0.29) is 24.0 Å². The molecule has 3 rings (SSSR count). The van der Waals surface area contributed by atoms with Gasteiger partial charge in [-0.1, -0.05) is 13.8 Å². The molecular formula is C17H33IN4O. The second-order valence-electron chi connectivity index (χ2n) is 7.57. The summed E-state index contributed by atoms with van der Waals surface area (Å²) in [6, 6.07) is 0.444. The molecule has 0 aromatic rings. The Morgan fingerprint density at radius 1 is 1.17 bits per heavy atom. The number of piperidine rings is 1. The predicted octanol–water partition coefficient (Wildman–Crippen LogP) is 2.07. The molecular weight excluding hydrogens is 403 g/mol. The molecule has 3 aliphatic heterocycles. The smallest absolute Gasteiger partial charge is 0.191 e. The standard InChI is InChI=1S/C17H32N4O.HI/c1-12-8-13(2)11-21(10-12)7-6-19-17(18-3)20-15-9-14-4-5-16(15)22-14;/h12-16H,4-11H2,1-3H3,(H2,18,19,20);1H. The van der Waals surface area contributed by atoms with Gasteiger partial charge in [-0.2, -0.15) is 0 Å². The topological polar surface area (TPSA) is 48.9 Å². The molecule has 5 atom stereocenters. The highest BCUT2D eigenvalue weighted by Crippen LogP contribution is 2.34. The van der Waals surface area contributed by atoms with Crippen molar-refractivity contribution in [1.29, 1.82) is 0 Å². The van der Waals surface area contributed by atoms with Crippen molar-refractivity contribution in [3.63, 3.8) is 0 Å². The third kappa shape index (κ3) is 5.19. The molecule has 0 radical (unpaired) electrons. The van der Waals surface area contributed by atoms with Crippen LogP contribution in [0, 0.1) is 11.8 Å². The number of aliphatic imine (C=N–C) groups is 1. The van der Waals surface area contributed by atoms with E-state index in [4.69, 9.17) is 4.74 Å². The number of halogens is 1. The Kier molecular flexibility index (Phi) is 7.41. The first-order valence-corrected chi connectivity index (χ1v) is 8.99. The van der Waals surface area contributed by atoms with Crippen molar-refractivity contribution in [3.8, 4) is 0 Å². The first-order valence-electron chi connectivity index (χ1n) is 8.99. The molecule has 2 N–H and O–H groups in total. The van der Waals surface area contributed by atoms with Crippen LogP contribution in [0.3, 0.4) is 0 Å². The summed E-state index contributed by atoms with van der Waals surface area (Å²) in [5, 5.41) is 7.02. The highest BCUT2D eigenvalue weighted by atomic mass is 127. The highest BCUT2D eigenvalue weighted by Gasteiger charge is 2.41. The molecule has 0 aliphatic carbocycles. The average molecular weight is 436 g/mol. The van der Waals surface area contributed by atoms with Crippen LogP contribution in [0.4, 0.5) is 0 Å². The van der Waals surface area contributed by atoms with Gasteiger partial charge in [0.2, 0.25) is 0 Å². The Labute approximate surface area is 158 Å². The maximum Gasteiger partial charge on any atom is 0.191 e. The normalized spacial score (nSPS) is 37.5. The van der Waals surface area contributed by atoms with E-state index in [1.807, 2.05) is 7.05 Å². The molecule has 134 valence electrons. The van der Waals surface area contributed by atoms with Crippen molar-refractivity contribution in [3.05, 3.63) is 0 Å². The van der Waals surface area contributed by atoms with Crippen LogP contribution >= 0.6 is 24.0 Å². The van der Waals surface area contributed by atoms with E-state index in [9.17, 15) is 0 Å². The third-order valence-corrected chi connectivity index (χ3v) is 5.32. The van der Waals surface area contributed by atoms with Crippen LogP contribution < -0.4 is 10.6 Å². The number of guanidine groups is 1. The number of nitrogens with zero attached hydrogens (tertiary/aromatic N) is 2. The number of fused-ring (bicyclic) bond motifs is 2. The van der Waals surface area contributed by atoms with E-state index in [2.05, 4.69) is 34.4 Å². The lowest BCUT2D eigenvalue weighted by Gasteiger charge is -2.35. The van der Waals surface area contributed by atoms with E-state index in [1.165, 1.54) is 32.4 Å². The second-order valence-corrected chi connectivity index (χ2v) is 7.57. The molecule has 3 saturated heterocycles. The van der Waals surface area contributed by atoms with Crippen LogP contribution in [0.15, 0.2) is 4.99 Å². The zero-order valence-electron chi connectivity index (χ0n) is 14.8. The Balaban J connectivity index is 0.00000192. The molecule has 0 saturated carbocycles. The number of likely N-dealkylation sites (tertiary alicyclic amines) is 1. The molecule has 3 heterocycles. The second kappa shape index (κ2) is 8.85. The Hall–Kier alpha value is -0.0800. The fourth-order valence-corrected chi connectivity index (χ4v) is 4.47. The monoisotopic (exact) mass is 436 g/mol. The summed E-state index contributed by atoms with van der Waals surface area (Å²) in [5.41, 5.74) is 0. The van der Waals surface area contributed by atoms with Crippen LogP contribution in [-0.4, -0.2) is 62.3 Å². The van der Waals surface area contributed by atoms with E-state index in [0.717, 1.165) is 37.3 Å². The van der Waals surface area contributed by atoms with Crippen molar-refractivity contribution in [2.24, 2.45) is 16.8 Å². The van der Waals surface area contributed by atoms with Crippen LogP contribution in [0.25, 0.3) is 0 Å². The summed E-state index contributed by atoms with van der Waals surface area (Å²) in [7, 11) is 1.86. The Morgan fingerprint density at radius 2 is 1.91 bits per heavy atom. The van der Waals surface area contributed by atoms with Gasteiger partial charge < -0.3 is 20.3 Å². The van der Waals surface area contributed by atoms with Gasteiger partial charge in [0.1, 0.15) is 0 Å². The first kappa shape index (κ1) is 19.2. The lowest BCUT2D eigenvalue weighted by atomic mass is 9.92. The third-order valence-electron chi connectivity index (χ3n) is 5.32. The fourth-order valence-electron chi connectivity index (χ4n) is 4.47. The van der Waals surface area contributed by atoms with Gasteiger partial charge in [0.15, 0.2) is 5.96 Å². The van der Waals surface area contributed by atoms with Crippen LogP contribution in [0.2, 0.25) is 0 Å². The number of hydrogen-bond donors (Lipinski definition) is 2. The Morgan fingerprint density at radius 3 is 2.48 bits per heavy atom. The minimum atomic E-state index is 0. The first-order chi connectivity index (χ1) is 10.6. The lowest BCUT2D eigenvalue weighted by molar-refractivity contribution is 0.0992. The van der Waals surface area contributed by atoms with Gasteiger partial charge in [0.05, 0.1) is 18.2 Å². The Bertz CT molecular complexity index is 396. The molecule has 5 nitrogen and oxygen atoms in total. The van der Waals surface area contributed by atoms with Gasteiger partial charge in [0, 0.05) is 33.2 Å². The minimum Gasteiger partial charge on any atom is -0.373 e. The largest absolute Gasteiger partial charge is 0.373 e. The number of hydrogen-bond acceptors (Lipinski definition) is 3. The summed E-state index contributed by atoms with van der Waals surface area (Å²) in [6.07, 6.45) is 5.82. The molecule has 0 spiro atoms. The van der Waals surface area contributed by atoms with Crippen LogP contribution in [-0.2, 0) is 4.74 Å². The maximum atomic E-state index is 5.90. The zero-order chi connectivity index (χ0) is 15.5. The van der Waals surface area contributed by atoms with Crippen molar-refractivity contribution in [1.82, 2.24) is 15.5 Å². The van der Waals surface area contributed by atoms with Gasteiger partial charge in [-0.15, -0.1) is 24.0 Å². The van der Waals surface area contributed by atoms with Gasteiger partial charge in [-0.05, 0) is 37.5 Å². The van der Waals surface area contributed by atoms with E-state index in [0.29, 0.717) is 18.2 Å². The van der Waals surface area contributed by atoms with E-state index < -0.39 is 0 Å². The van der Waals surface area contributed by atoms with E-state index >= 15 is 0 Å². The number of ether oxygens (including phenoxy) is 1. The molecule has 3 fully saturated rings. The molecule has 5 unspecified atom stereocenters. The average Bonchev–Trinajstić information content (AvgIpc) is 3.07. The van der Waals surface area contributed by atoms with Gasteiger partial charge in [-0.3, -0.25) is 4.99 Å². The number of nitrogens with one attached hydrogen (secondary N) is 2. The highest BCUT2D eigenvalue weighted by molar-refractivity contribution is 14.0. The van der Waals surface area contributed by atoms with Gasteiger partial charge >= 0.3 is 0 Å². The zero-order valence-corrected chi connectivity index (χ0v) is 17.1. The molecule has 23 heavy (non-hydrogen) atoms. The quantitative estimate of drug-likeness (QED) is 0.403. The number of rotatable bonds is 4. The van der Waals surface area contributed by atoms with Crippen molar-refractivity contribution in [2.75, 3.05) is 33.2 Å². The SMILES string of the molecule is CN=C(NCCN1CC(C)CC(C)C1)NC1CC2CCC1O2.I. The summed E-state index contributed by atoms with van der Waals surface area (Å²) < 4.78 is 5.90. The summed E-state index contributed by atoms with van der Waals surface area (Å²) in [5.74, 6) is 2.58. The van der Waals surface area contributed by atoms with Crippen molar-refractivity contribution in [2.45, 2.75) is 57.8 Å². The van der Waals surface area contributed by atoms with Crippen molar-refractivity contribution < 1.29 is 4.74 Å².